The van der Waals surface area contributed by atoms with Gasteiger partial charge in [0.2, 0.25) is 0 Å². The number of aliphatic hydroxyl groups is 1. The second kappa shape index (κ2) is 5.81. The Morgan fingerprint density at radius 1 is 1.10 bits per heavy atom. The zero-order valence-electron chi connectivity index (χ0n) is 12.4. The molecule has 3 N–H and O–H groups in total. The number of hydrogen-bond donors (Lipinski definition) is 3. The molecule has 2 aromatic carbocycles. The Balaban J connectivity index is 2.12. The minimum atomic E-state index is -0.417. The zero-order valence-corrected chi connectivity index (χ0v) is 12.4. The van der Waals surface area contributed by atoms with Crippen LogP contribution in [0.15, 0.2) is 36.4 Å². The van der Waals surface area contributed by atoms with Crippen LogP contribution in [-0.4, -0.2) is 22.9 Å². The van der Waals surface area contributed by atoms with E-state index in [1.807, 2.05) is 51.1 Å². The fraction of sp³-hybridized carbons (Fsp3) is 0.412. The molecule has 0 radical (unpaired) electrons. The molecule has 0 saturated heterocycles. The lowest BCUT2D eigenvalue weighted by Gasteiger charge is -2.26. The SMILES string of the molecule is CC(C)(C)C(O)CNCc1c(O)ccc2ccccc12. The first kappa shape index (κ1) is 14.8. The van der Waals surface area contributed by atoms with Gasteiger partial charge in [0.1, 0.15) is 5.75 Å². The van der Waals surface area contributed by atoms with Gasteiger partial charge in [-0.25, -0.2) is 0 Å². The summed E-state index contributed by atoms with van der Waals surface area (Å²) in [4.78, 5) is 0. The Hall–Kier alpha value is -1.58. The van der Waals surface area contributed by atoms with E-state index in [-0.39, 0.29) is 5.41 Å². The predicted octanol–water partition coefficient (Wildman–Crippen LogP) is 3.04. The van der Waals surface area contributed by atoms with Crippen LogP contribution in [0.2, 0.25) is 0 Å². The Labute approximate surface area is 120 Å². The van der Waals surface area contributed by atoms with Gasteiger partial charge < -0.3 is 15.5 Å². The number of nitrogens with one attached hydrogen (secondary N) is 1. The molecule has 0 aliphatic rings. The van der Waals surface area contributed by atoms with E-state index in [1.54, 1.807) is 6.07 Å². The molecule has 2 aromatic rings. The average Bonchev–Trinajstić information content (AvgIpc) is 2.40. The van der Waals surface area contributed by atoms with Crippen LogP contribution in [0.25, 0.3) is 10.8 Å². The van der Waals surface area contributed by atoms with Crippen LogP contribution in [0.3, 0.4) is 0 Å². The first-order valence-electron chi connectivity index (χ1n) is 6.98. The maximum absolute atomic E-state index is 10.0. The van der Waals surface area contributed by atoms with E-state index < -0.39 is 6.10 Å². The largest absolute Gasteiger partial charge is 0.508 e. The minimum Gasteiger partial charge on any atom is -0.508 e. The third-order valence-corrected chi connectivity index (χ3v) is 3.65. The molecule has 0 heterocycles. The summed E-state index contributed by atoms with van der Waals surface area (Å²) in [6.45, 7) is 7.07. The molecule has 1 atom stereocenters. The molecule has 0 aromatic heterocycles. The van der Waals surface area contributed by atoms with Crippen LogP contribution < -0.4 is 5.32 Å². The number of fused-ring (bicyclic) bond motifs is 1. The maximum Gasteiger partial charge on any atom is 0.120 e. The van der Waals surface area contributed by atoms with Crippen molar-refractivity contribution in [2.75, 3.05) is 6.54 Å². The topological polar surface area (TPSA) is 52.5 Å². The van der Waals surface area contributed by atoms with Crippen molar-refractivity contribution >= 4 is 10.8 Å². The lowest BCUT2D eigenvalue weighted by molar-refractivity contribution is 0.0627. The van der Waals surface area contributed by atoms with E-state index >= 15 is 0 Å². The molecule has 0 amide bonds. The summed E-state index contributed by atoms with van der Waals surface area (Å²) >= 11 is 0. The van der Waals surface area contributed by atoms with Gasteiger partial charge >= 0.3 is 0 Å². The Morgan fingerprint density at radius 3 is 2.50 bits per heavy atom. The molecule has 108 valence electrons. The molecule has 3 heteroatoms. The molecular weight excluding hydrogens is 250 g/mol. The van der Waals surface area contributed by atoms with Gasteiger partial charge in [0, 0.05) is 18.7 Å². The van der Waals surface area contributed by atoms with Gasteiger partial charge in [0.05, 0.1) is 6.10 Å². The molecule has 0 aliphatic heterocycles. The summed E-state index contributed by atoms with van der Waals surface area (Å²) in [6, 6.07) is 11.6. The van der Waals surface area contributed by atoms with Gasteiger partial charge in [0.15, 0.2) is 0 Å². The van der Waals surface area contributed by atoms with Crippen LogP contribution >= 0.6 is 0 Å². The number of hydrogen-bond acceptors (Lipinski definition) is 3. The third kappa shape index (κ3) is 3.30. The van der Waals surface area contributed by atoms with Crippen LogP contribution in [0.1, 0.15) is 26.3 Å². The number of phenolic OH excluding ortho intramolecular Hbond substituents is 1. The van der Waals surface area contributed by atoms with Gasteiger partial charge in [-0.3, -0.25) is 0 Å². The van der Waals surface area contributed by atoms with E-state index in [1.165, 1.54) is 0 Å². The third-order valence-electron chi connectivity index (χ3n) is 3.65. The summed E-state index contributed by atoms with van der Waals surface area (Å²) in [7, 11) is 0. The molecule has 20 heavy (non-hydrogen) atoms. The minimum absolute atomic E-state index is 0.145. The molecule has 0 spiro atoms. The summed E-state index contributed by atoms with van der Waals surface area (Å²) < 4.78 is 0. The van der Waals surface area contributed by atoms with Crippen molar-refractivity contribution in [3.8, 4) is 5.75 Å². The number of rotatable bonds is 4. The number of aliphatic hydroxyl groups excluding tert-OH is 1. The highest BCUT2D eigenvalue weighted by Gasteiger charge is 2.21. The molecule has 0 aliphatic carbocycles. The van der Waals surface area contributed by atoms with E-state index in [9.17, 15) is 10.2 Å². The number of benzene rings is 2. The van der Waals surface area contributed by atoms with Crippen LogP contribution in [0.5, 0.6) is 5.75 Å². The fourth-order valence-corrected chi connectivity index (χ4v) is 2.15. The van der Waals surface area contributed by atoms with Crippen molar-refractivity contribution in [2.45, 2.75) is 33.4 Å². The molecule has 2 rings (SSSR count). The Bertz CT molecular complexity index is 587. The van der Waals surface area contributed by atoms with Crippen molar-refractivity contribution in [1.82, 2.24) is 5.32 Å². The van der Waals surface area contributed by atoms with Gasteiger partial charge in [-0.05, 0) is 22.3 Å². The highest BCUT2D eigenvalue weighted by atomic mass is 16.3. The van der Waals surface area contributed by atoms with Crippen LogP contribution in [0.4, 0.5) is 0 Å². The molecule has 0 saturated carbocycles. The van der Waals surface area contributed by atoms with Crippen LogP contribution in [0, 0.1) is 5.41 Å². The van der Waals surface area contributed by atoms with Crippen molar-refractivity contribution < 1.29 is 10.2 Å². The van der Waals surface area contributed by atoms with E-state index in [0.29, 0.717) is 18.8 Å². The standard InChI is InChI=1S/C17H23NO2/c1-17(2,3)16(20)11-18-10-14-13-7-5-4-6-12(13)8-9-15(14)19/h4-9,16,18-20H,10-11H2,1-3H3. The summed E-state index contributed by atoms with van der Waals surface area (Å²) in [5.74, 6) is 0.293. The Morgan fingerprint density at radius 2 is 1.80 bits per heavy atom. The lowest BCUT2D eigenvalue weighted by Crippen LogP contribution is -2.36. The smallest absolute Gasteiger partial charge is 0.120 e. The lowest BCUT2D eigenvalue weighted by atomic mass is 9.89. The second-order valence-electron chi connectivity index (χ2n) is 6.30. The summed E-state index contributed by atoms with van der Waals surface area (Å²) in [5.41, 5.74) is 0.734. The summed E-state index contributed by atoms with van der Waals surface area (Å²) in [6.07, 6.45) is -0.417. The highest BCUT2D eigenvalue weighted by molar-refractivity contribution is 5.87. The van der Waals surface area contributed by atoms with Gasteiger partial charge in [-0.2, -0.15) is 0 Å². The Kier molecular flexibility index (Phi) is 4.31. The molecular formula is C17H23NO2. The fourth-order valence-electron chi connectivity index (χ4n) is 2.15. The van der Waals surface area contributed by atoms with E-state index in [2.05, 4.69) is 5.32 Å². The molecule has 1 unspecified atom stereocenters. The van der Waals surface area contributed by atoms with Crippen molar-refractivity contribution in [1.29, 1.82) is 0 Å². The number of aromatic hydroxyl groups is 1. The first-order valence-corrected chi connectivity index (χ1v) is 6.98. The van der Waals surface area contributed by atoms with E-state index in [4.69, 9.17) is 0 Å². The van der Waals surface area contributed by atoms with Gasteiger partial charge in [0.25, 0.3) is 0 Å². The molecule has 0 fully saturated rings. The normalized spacial score (nSPS) is 13.6. The molecule has 0 bridgehead atoms. The van der Waals surface area contributed by atoms with Crippen LogP contribution in [-0.2, 0) is 6.54 Å². The summed E-state index contributed by atoms with van der Waals surface area (Å²) in [5, 5.41) is 25.4. The van der Waals surface area contributed by atoms with Crippen molar-refractivity contribution in [3.63, 3.8) is 0 Å². The van der Waals surface area contributed by atoms with Gasteiger partial charge in [-0.1, -0.05) is 51.1 Å². The zero-order chi connectivity index (χ0) is 14.8. The van der Waals surface area contributed by atoms with Crippen molar-refractivity contribution in [2.24, 2.45) is 5.41 Å². The van der Waals surface area contributed by atoms with E-state index in [0.717, 1.165) is 16.3 Å². The monoisotopic (exact) mass is 273 g/mol. The number of phenols is 1. The highest BCUT2D eigenvalue weighted by Crippen LogP contribution is 2.27. The quantitative estimate of drug-likeness (QED) is 0.802. The van der Waals surface area contributed by atoms with Crippen molar-refractivity contribution in [3.05, 3.63) is 42.0 Å². The second-order valence-corrected chi connectivity index (χ2v) is 6.30. The van der Waals surface area contributed by atoms with Gasteiger partial charge in [-0.15, -0.1) is 0 Å². The average molecular weight is 273 g/mol. The predicted molar refractivity (Wildman–Crippen MR) is 82.8 cm³/mol. The molecule has 3 nitrogen and oxygen atoms in total. The first-order chi connectivity index (χ1) is 9.39. The maximum atomic E-state index is 10.0.